The van der Waals surface area contributed by atoms with E-state index in [1.165, 1.54) is 0 Å². The van der Waals surface area contributed by atoms with Crippen molar-refractivity contribution in [3.63, 3.8) is 0 Å². The third-order valence-electron chi connectivity index (χ3n) is 4.42. The Morgan fingerprint density at radius 2 is 1.79 bits per heavy atom. The van der Waals surface area contributed by atoms with Gasteiger partial charge in [-0.25, -0.2) is 8.42 Å². The lowest BCUT2D eigenvalue weighted by molar-refractivity contribution is -0.141. The fourth-order valence-corrected chi connectivity index (χ4v) is 4.94. The summed E-state index contributed by atoms with van der Waals surface area (Å²) in [4.78, 5) is 11.9. The first kappa shape index (κ1) is 16.7. The van der Waals surface area contributed by atoms with Crippen molar-refractivity contribution in [2.75, 3.05) is 0 Å². The third-order valence-corrected chi connectivity index (χ3v) is 6.42. The molecule has 1 aliphatic heterocycles. The lowest BCUT2D eigenvalue weighted by Crippen LogP contribution is -2.48. The van der Waals surface area contributed by atoms with Crippen LogP contribution in [-0.4, -0.2) is 29.8 Å². The molecular weight excluding hydrogens is 326 g/mol. The third kappa shape index (κ3) is 2.83. The molecule has 1 atom stereocenters. The quantitative estimate of drug-likeness (QED) is 0.927. The summed E-state index contributed by atoms with van der Waals surface area (Å²) in [5, 5.41) is 9.56. The van der Waals surface area contributed by atoms with Gasteiger partial charge in [0.15, 0.2) is 0 Å². The number of hydrogen-bond acceptors (Lipinski definition) is 3. The van der Waals surface area contributed by atoms with Crippen molar-refractivity contribution in [1.82, 2.24) is 4.31 Å². The molecule has 0 spiro atoms. The topological polar surface area (TPSA) is 74.7 Å². The Bertz CT molecular complexity index is 905. The number of rotatable bonds is 3. The molecule has 0 amide bonds. The van der Waals surface area contributed by atoms with Gasteiger partial charge >= 0.3 is 5.97 Å². The van der Waals surface area contributed by atoms with Gasteiger partial charge in [0.1, 0.15) is 6.04 Å². The molecule has 2 aromatic rings. The molecule has 126 valence electrons. The summed E-state index contributed by atoms with van der Waals surface area (Å²) in [5.41, 5.74) is 3.17. The predicted molar refractivity (Wildman–Crippen MR) is 90.2 cm³/mol. The number of aryl methyl sites for hydroxylation is 2. The van der Waals surface area contributed by atoms with E-state index in [0.717, 1.165) is 21.0 Å². The molecule has 0 radical (unpaired) electrons. The fraction of sp³-hybridized carbons (Fsp3) is 0.278. The summed E-state index contributed by atoms with van der Waals surface area (Å²) < 4.78 is 27.4. The zero-order chi connectivity index (χ0) is 17.5. The summed E-state index contributed by atoms with van der Waals surface area (Å²) in [6.45, 7) is 3.61. The Labute approximate surface area is 141 Å². The van der Waals surface area contributed by atoms with Crippen molar-refractivity contribution < 1.29 is 18.3 Å². The molecule has 24 heavy (non-hydrogen) atoms. The molecule has 0 fully saturated rings. The van der Waals surface area contributed by atoms with Crippen LogP contribution >= 0.6 is 0 Å². The SMILES string of the molecule is Cc1ccc(C)c(S(=O)(=O)N2Cc3ccccc3C[C@H]2C(=O)O)c1. The lowest BCUT2D eigenvalue weighted by Gasteiger charge is -2.33. The van der Waals surface area contributed by atoms with Gasteiger partial charge in [-0.05, 0) is 42.2 Å². The molecule has 1 heterocycles. The van der Waals surface area contributed by atoms with Crippen molar-refractivity contribution in [3.05, 3.63) is 64.7 Å². The first-order valence-electron chi connectivity index (χ1n) is 7.69. The highest BCUT2D eigenvalue weighted by Gasteiger charge is 2.40. The van der Waals surface area contributed by atoms with Crippen LogP contribution in [0.2, 0.25) is 0 Å². The van der Waals surface area contributed by atoms with E-state index >= 15 is 0 Å². The van der Waals surface area contributed by atoms with Gasteiger partial charge in [0.2, 0.25) is 10.0 Å². The van der Waals surface area contributed by atoms with Crippen molar-refractivity contribution in [1.29, 1.82) is 0 Å². The molecule has 2 aromatic carbocycles. The molecule has 0 bridgehead atoms. The van der Waals surface area contributed by atoms with Crippen LogP contribution in [0, 0.1) is 13.8 Å². The van der Waals surface area contributed by atoms with Crippen molar-refractivity contribution >= 4 is 16.0 Å². The van der Waals surface area contributed by atoms with Crippen molar-refractivity contribution in [3.8, 4) is 0 Å². The molecule has 5 nitrogen and oxygen atoms in total. The van der Waals surface area contributed by atoms with Crippen LogP contribution in [0.1, 0.15) is 22.3 Å². The largest absolute Gasteiger partial charge is 0.480 e. The summed E-state index contributed by atoms with van der Waals surface area (Å²) >= 11 is 0. The Morgan fingerprint density at radius 1 is 1.12 bits per heavy atom. The number of fused-ring (bicyclic) bond motifs is 1. The second kappa shape index (κ2) is 6.03. The second-order valence-corrected chi connectivity index (χ2v) is 8.01. The lowest BCUT2D eigenvalue weighted by atomic mass is 9.96. The maximum absolute atomic E-state index is 13.1. The molecule has 6 heteroatoms. The minimum Gasteiger partial charge on any atom is -0.480 e. The Hall–Kier alpha value is -2.18. The Balaban J connectivity index is 2.11. The molecular formula is C18H19NO4S. The smallest absolute Gasteiger partial charge is 0.322 e. The number of aliphatic carboxylic acids is 1. The van der Waals surface area contributed by atoms with Crippen LogP contribution in [0.25, 0.3) is 0 Å². The predicted octanol–water partition coefficient (Wildman–Crippen LogP) is 2.50. The maximum atomic E-state index is 13.1. The monoisotopic (exact) mass is 345 g/mol. The number of carboxylic acid groups (broad SMARTS) is 1. The van der Waals surface area contributed by atoms with E-state index in [2.05, 4.69) is 0 Å². The van der Waals surface area contributed by atoms with Gasteiger partial charge in [-0.1, -0.05) is 36.4 Å². The highest BCUT2D eigenvalue weighted by molar-refractivity contribution is 7.89. The van der Waals surface area contributed by atoms with E-state index in [9.17, 15) is 18.3 Å². The number of sulfonamides is 1. The Morgan fingerprint density at radius 3 is 2.46 bits per heavy atom. The maximum Gasteiger partial charge on any atom is 0.322 e. The summed E-state index contributed by atoms with van der Waals surface area (Å²) in [6.07, 6.45) is 0.176. The molecule has 1 aliphatic rings. The van der Waals surface area contributed by atoms with Gasteiger partial charge in [-0.15, -0.1) is 0 Å². The highest BCUT2D eigenvalue weighted by Crippen LogP contribution is 2.30. The number of carboxylic acids is 1. The minimum atomic E-state index is -3.90. The van der Waals surface area contributed by atoms with E-state index in [1.54, 1.807) is 19.1 Å². The molecule has 0 unspecified atom stereocenters. The van der Waals surface area contributed by atoms with Gasteiger partial charge < -0.3 is 5.11 Å². The summed E-state index contributed by atoms with van der Waals surface area (Å²) in [6, 6.07) is 11.5. The van der Waals surface area contributed by atoms with Crippen LogP contribution in [0.15, 0.2) is 47.4 Å². The molecule has 3 rings (SSSR count). The first-order valence-corrected chi connectivity index (χ1v) is 9.13. The van der Waals surface area contributed by atoms with Gasteiger partial charge in [0.05, 0.1) is 4.90 Å². The minimum absolute atomic E-state index is 0.0723. The first-order chi connectivity index (χ1) is 11.3. The van der Waals surface area contributed by atoms with Crippen LogP contribution in [0.4, 0.5) is 0 Å². The highest BCUT2D eigenvalue weighted by atomic mass is 32.2. The number of hydrogen-bond donors (Lipinski definition) is 1. The Kier molecular flexibility index (Phi) is 4.19. The number of nitrogens with zero attached hydrogens (tertiary/aromatic N) is 1. The van der Waals surface area contributed by atoms with E-state index in [4.69, 9.17) is 0 Å². The fourth-order valence-electron chi connectivity index (χ4n) is 3.07. The molecule has 0 saturated carbocycles. The number of benzene rings is 2. The summed E-state index contributed by atoms with van der Waals surface area (Å²) in [7, 11) is -3.90. The second-order valence-electron chi connectivity index (χ2n) is 6.15. The zero-order valence-corrected chi connectivity index (χ0v) is 14.4. The van der Waals surface area contributed by atoms with E-state index in [-0.39, 0.29) is 17.9 Å². The molecule has 0 saturated heterocycles. The molecule has 0 aliphatic carbocycles. The number of carbonyl (C=O) groups is 1. The van der Waals surface area contributed by atoms with Gasteiger partial charge in [0, 0.05) is 13.0 Å². The average Bonchev–Trinajstić information content (AvgIpc) is 2.55. The van der Waals surface area contributed by atoms with E-state index < -0.39 is 22.0 Å². The van der Waals surface area contributed by atoms with Crippen LogP contribution in [0.5, 0.6) is 0 Å². The standard InChI is InChI=1S/C18H19NO4S/c1-12-7-8-13(2)17(9-12)24(22,23)19-11-15-6-4-3-5-14(15)10-16(19)18(20)21/h3-9,16H,10-11H2,1-2H3,(H,20,21)/t16-/m0/s1. The van der Waals surface area contributed by atoms with Gasteiger partial charge in [-0.2, -0.15) is 4.31 Å². The van der Waals surface area contributed by atoms with Gasteiger partial charge in [-0.3, -0.25) is 4.79 Å². The zero-order valence-electron chi connectivity index (χ0n) is 13.6. The molecule has 1 N–H and O–H groups in total. The van der Waals surface area contributed by atoms with Gasteiger partial charge in [0.25, 0.3) is 0 Å². The van der Waals surface area contributed by atoms with E-state index in [1.807, 2.05) is 37.3 Å². The summed E-state index contributed by atoms with van der Waals surface area (Å²) in [5.74, 6) is -1.13. The van der Waals surface area contributed by atoms with Crippen LogP contribution in [0.3, 0.4) is 0 Å². The normalized spacial score (nSPS) is 18.2. The van der Waals surface area contributed by atoms with Crippen LogP contribution in [-0.2, 0) is 27.8 Å². The molecule has 0 aromatic heterocycles. The van der Waals surface area contributed by atoms with Crippen molar-refractivity contribution in [2.45, 2.75) is 37.8 Å². The van der Waals surface area contributed by atoms with E-state index in [0.29, 0.717) is 5.56 Å². The van der Waals surface area contributed by atoms with Crippen LogP contribution < -0.4 is 0 Å². The average molecular weight is 345 g/mol. The van der Waals surface area contributed by atoms with Crippen molar-refractivity contribution in [2.24, 2.45) is 0 Å².